The molecule has 0 atom stereocenters. The van der Waals surface area contributed by atoms with Gasteiger partial charge in [0.25, 0.3) is 0 Å². The van der Waals surface area contributed by atoms with E-state index in [-0.39, 0.29) is 24.0 Å². The van der Waals surface area contributed by atoms with Crippen molar-refractivity contribution < 1.29 is 0 Å². The third-order valence-electron chi connectivity index (χ3n) is 5.39. The van der Waals surface area contributed by atoms with Crippen molar-refractivity contribution in [3.63, 3.8) is 0 Å². The van der Waals surface area contributed by atoms with Crippen LogP contribution in [0.1, 0.15) is 54.6 Å². The number of nitrogens with one attached hydrogen (secondary N) is 2. The molecule has 0 bridgehead atoms. The predicted octanol–water partition coefficient (Wildman–Crippen LogP) is 4.06. The van der Waals surface area contributed by atoms with Crippen LogP contribution in [0.5, 0.6) is 0 Å². The van der Waals surface area contributed by atoms with E-state index in [0.29, 0.717) is 5.41 Å². The molecule has 136 valence electrons. The molecule has 4 nitrogen and oxygen atoms in total. The van der Waals surface area contributed by atoms with Crippen molar-refractivity contribution in [1.82, 2.24) is 15.6 Å². The topological polar surface area (TPSA) is 49.3 Å². The van der Waals surface area contributed by atoms with Gasteiger partial charge < -0.3 is 10.6 Å². The first-order valence-electron chi connectivity index (χ1n) is 9.08. The highest BCUT2D eigenvalue weighted by molar-refractivity contribution is 14.0. The zero-order chi connectivity index (χ0) is 16.3. The molecule has 0 radical (unpaired) electrons. The summed E-state index contributed by atoms with van der Waals surface area (Å²) >= 11 is 1.81. The van der Waals surface area contributed by atoms with Gasteiger partial charge in [0.1, 0.15) is 0 Å². The largest absolute Gasteiger partial charge is 0.357 e. The van der Waals surface area contributed by atoms with Gasteiger partial charge >= 0.3 is 0 Å². The first kappa shape index (κ1) is 19.9. The second-order valence-corrected chi connectivity index (χ2v) is 8.40. The van der Waals surface area contributed by atoms with Crippen LogP contribution in [-0.4, -0.2) is 30.6 Å². The Balaban J connectivity index is 0.00000208. The van der Waals surface area contributed by atoms with Crippen molar-refractivity contribution in [2.75, 3.05) is 19.6 Å². The first-order valence-corrected chi connectivity index (χ1v) is 9.90. The summed E-state index contributed by atoms with van der Waals surface area (Å²) < 4.78 is 0. The van der Waals surface area contributed by atoms with Crippen LogP contribution in [0.4, 0.5) is 0 Å². The van der Waals surface area contributed by atoms with E-state index in [2.05, 4.69) is 36.4 Å². The van der Waals surface area contributed by atoms with Crippen LogP contribution in [0.2, 0.25) is 0 Å². The van der Waals surface area contributed by atoms with E-state index >= 15 is 0 Å². The van der Waals surface area contributed by atoms with E-state index in [0.717, 1.165) is 37.9 Å². The number of rotatable bonds is 7. The second-order valence-electron chi connectivity index (χ2n) is 7.11. The minimum absolute atomic E-state index is 0. The maximum absolute atomic E-state index is 4.90. The van der Waals surface area contributed by atoms with Gasteiger partial charge in [-0.1, -0.05) is 6.42 Å². The fourth-order valence-electron chi connectivity index (χ4n) is 3.53. The fourth-order valence-corrected chi connectivity index (χ4v) is 4.47. The summed E-state index contributed by atoms with van der Waals surface area (Å²) in [5.74, 6) is 1.94. The van der Waals surface area contributed by atoms with Crippen LogP contribution in [0.15, 0.2) is 4.99 Å². The summed E-state index contributed by atoms with van der Waals surface area (Å²) in [6.45, 7) is 9.18. The molecule has 0 unspecified atom stereocenters. The lowest BCUT2D eigenvalue weighted by atomic mass is 9.65. The lowest BCUT2D eigenvalue weighted by Gasteiger charge is -2.41. The van der Waals surface area contributed by atoms with Crippen LogP contribution >= 0.6 is 35.3 Å². The molecule has 2 aliphatic rings. The van der Waals surface area contributed by atoms with Gasteiger partial charge in [0.15, 0.2) is 5.96 Å². The Bertz CT molecular complexity index is 542. The number of guanidine groups is 1. The molecule has 0 saturated heterocycles. The molecule has 1 aromatic heterocycles. The molecule has 0 aromatic carbocycles. The second kappa shape index (κ2) is 8.83. The first-order chi connectivity index (χ1) is 11.1. The molecule has 1 aromatic rings. The summed E-state index contributed by atoms with van der Waals surface area (Å²) in [6, 6.07) is 0. The Hall–Kier alpha value is -0.370. The van der Waals surface area contributed by atoms with Gasteiger partial charge in [0.2, 0.25) is 0 Å². The summed E-state index contributed by atoms with van der Waals surface area (Å²) in [5.41, 5.74) is 1.72. The number of hydrogen-bond donors (Lipinski definition) is 2. The zero-order valence-corrected chi connectivity index (χ0v) is 18.3. The molecule has 0 amide bonds. The monoisotopic (exact) mass is 462 g/mol. The summed E-state index contributed by atoms with van der Waals surface area (Å²) in [5, 5.41) is 8.09. The van der Waals surface area contributed by atoms with Gasteiger partial charge in [-0.05, 0) is 57.8 Å². The van der Waals surface area contributed by atoms with Gasteiger partial charge in [-0.15, -0.1) is 35.3 Å². The molecule has 0 aliphatic heterocycles. The summed E-state index contributed by atoms with van der Waals surface area (Å²) in [7, 11) is 0. The predicted molar refractivity (Wildman–Crippen MR) is 114 cm³/mol. The van der Waals surface area contributed by atoms with Crippen molar-refractivity contribution in [1.29, 1.82) is 0 Å². The molecule has 6 heteroatoms. The maximum atomic E-state index is 4.90. The van der Waals surface area contributed by atoms with Gasteiger partial charge in [-0.25, -0.2) is 4.98 Å². The molecule has 2 saturated carbocycles. The lowest BCUT2D eigenvalue weighted by Crippen LogP contribution is -2.41. The summed E-state index contributed by atoms with van der Waals surface area (Å²) in [6.07, 6.45) is 8.01. The highest BCUT2D eigenvalue weighted by Crippen LogP contribution is 2.57. The zero-order valence-electron chi connectivity index (χ0n) is 15.2. The van der Waals surface area contributed by atoms with Crippen LogP contribution in [-0.2, 0) is 6.42 Å². The van der Waals surface area contributed by atoms with Crippen molar-refractivity contribution in [2.45, 2.75) is 59.3 Å². The minimum Gasteiger partial charge on any atom is -0.357 e. The Morgan fingerprint density at radius 2 is 2.04 bits per heavy atom. The summed E-state index contributed by atoms with van der Waals surface area (Å²) in [4.78, 5) is 10.8. The van der Waals surface area contributed by atoms with E-state index in [1.165, 1.54) is 47.7 Å². The highest BCUT2D eigenvalue weighted by Gasteiger charge is 2.48. The van der Waals surface area contributed by atoms with Crippen molar-refractivity contribution in [3.8, 4) is 0 Å². The van der Waals surface area contributed by atoms with Gasteiger partial charge in [0.05, 0.1) is 10.7 Å². The molecule has 24 heavy (non-hydrogen) atoms. The molecule has 3 rings (SSSR count). The van der Waals surface area contributed by atoms with E-state index < -0.39 is 0 Å². The van der Waals surface area contributed by atoms with Crippen LogP contribution in [0.3, 0.4) is 0 Å². The van der Waals surface area contributed by atoms with E-state index in [9.17, 15) is 0 Å². The number of halogens is 1. The molecule has 0 spiro atoms. The normalized spacial score (nSPS) is 19.4. The number of aryl methyl sites for hydroxylation is 2. The number of nitrogens with zero attached hydrogens (tertiary/aromatic N) is 2. The van der Waals surface area contributed by atoms with Crippen LogP contribution in [0, 0.1) is 25.2 Å². The lowest BCUT2D eigenvalue weighted by molar-refractivity contribution is 0.113. The van der Waals surface area contributed by atoms with Crippen LogP contribution in [0.25, 0.3) is 0 Å². The maximum Gasteiger partial charge on any atom is 0.191 e. The number of aliphatic imine (C=N–C) groups is 1. The average molecular weight is 462 g/mol. The SMILES string of the molecule is CCNC(=NCC1(C2CC2)CCC1)NCCc1nc(C)c(C)s1.I. The smallest absolute Gasteiger partial charge is 0.191 e. The minimum atomic E-state index is 0. The van der Waals surface area contributed by atoms with Gasteiger partial charge in [-0.3, -0.25) is 4.99 Å². The molecule has 1 heterocycles. The van der Waals surface area contributed by atoms with Crippen molar-refractivity contribution in [3.05, 3.63) is 15.6 Å². The van der Waals surface area contributed by atoms with Gasteiger partial charge in [-0.2, -0.15) is 0 Å². The van der Waals surface area contributed by atoms with E-state index in [1.54, 1.807) is 0 Å². The molecule has 2 fully saturated rings. The fraction of sp³-hybridized carbons (Fsp3) is 0.778. The average Bonchev–Trinajstić information content (AvgIpc) is 3.26. The Labute approximate surface area is 167 Å². The number of aromatic nitrogens is 1. The van der Waals surface area contributed by atoms with E-state index in [1.807, 2.05) is 11.3 Å². The number of thiazole rings is 1. The molecule has 2 aliphatic carbocycles. The van der Waals surface area contributed by atoms with E-state index in [4.69, 9.17) is 4.99 Å². The molecular weight excluding hydrogens is 431 g/mol. The standard InChI is InChI=1S/C18H30N4S.HI/c1-4-19-17(20-11-8-16-22-13(2)14(3)23-16)21-12-18(9-5-10-18)15-6-7-15;/h15H,4-12H2,1-3H3,(H2,19,20,21);1H. The number of hydrogen-bond acceptors (Lipinski definition) is 3. The quantitative estimate of drug-likeness (QED) is 0.365. The molecular formula is C18H31IN4S. The van der Waals surface area contributed by atoms with Crippen molar-refractivity contribution in [2.24, 2.45) is 16.3 Å². The third kappa shape index (κ3) is 4.84. The third-order valence-corrected chi connectivity index (χ3v) is 6.53. The molecule has 2 N–H and O–H groups in total. The van der Waals surface area contributed by atoms with Gasteiger partial charge in [0, 0.05) is 30.9 Å². The van der Waals surface area contributed by atoms with Crippen LogP contribution < -0.4 is 10.6 Å². The van der Waals surface area contributed by atoms with Crippen molar-refractivity contribution >= 4 is 41.3 Å². The Morgan fingerprint density at radius 1 is 1.29 bits per heavy atom. The Kier molecular flexibility index (Phi) is 7.34. The Morgan fingerprint density at radius 3 is 2.54 bits per heavy atom. The highest BCUT2D eigenvalue weighted by atomic mass is 127.